The first-order chi connectivity index (χ1) is 13.4. The van der Waals surface area contributed by atoms with Gasteiger partial charge in [-0.2, -0.15) is 0 Å². The maximum atomic E-state index is 7.59. The van der Waals surface area contributed by atoms with Gasteiger partial charge in [0.2, 0.25) is 0 Å². The summed E-state index contributed by atoms with van der Waals surface area (Å²) >= 11 is 0. The second kappa shape index (κ2) is 6.12. The summed E-state index contributed by atoms with van der Waals surface area (Å²) in [7, 11) is 0. The van der Waals surface area contributed by atoms with Crippen LogP contribution >= 0.6 is 0 Å². The van der Waals surface area contributed by atoms with Crippen LogP contribution < -0.4 is 0 Å². The van der Waals surface area contributed by atoms with Crippen molar-refractivity contribution in [1.29, 1.82) is 0 Å². The highest BCUT2D eigenvalue weighted by Crippen LogP contribution is 2.43. The van der Waals surface area contributed by atoms with Crippen LogP contribution in [0.1, 0.15) is 0 Å². The number of hydrogen-bond acceptors (Lipinski definition) is 2. The molecule has 27 heavy (non-hydrogen) atoms. The molecule has 0 atom stereocenters. The molecule has 5 rings (SSSR count). The minimum Gasteiger partial charge on any atom is -0.456 e. The lowest BCUT2D eigenvalue weighted by molar-refractivity contribution is 0.671. The van der Waals surface area contributed by atoms with E-state index in [0.29, 0.717) is 5.69 Å². The molecule has 2 heterocycles. The Bertz CT molecular complexity index is 1310. The highest BCUT2D eigenvalue weighted by Gasteiger charge is 2.18. The molecule has 3 nitrogen and oxygen atoms in total. The van der Waals surface area contributed by atoms with Crippen molar-refractivity contribution in [1.82, 2.24) is 4.98 Å². The van der Waals surface area contributed by atoms with Crippen LogP contribution in [0, 0.1) is 6.57 Å². The number of furan rings is 1. The number of benzene rings is 3. The van der Waals surface area contributed by atoms with Gasteiger partial charge in [-0.25, -0.2) is 4.85 Å². The molecule has 0 radical (unpaired) electrons. The standard InChI is InChI=1S/C24H14N2O/c1-25-21-14-13-18-17-10-7-11-19(20-12-5-6-15-26-20)23(17)27-24(18)22(21)16-8-3-2-4-9-16/h2-15H. The molecular weight excluding hydrogens is 332 g/mol. The molecule has 0 amide bonds. The topological polar surface area (TPSA) is 30.4 Å². The first-order valence-electron chi connectivity index (χ1n) is 8.69. The van der Waals surface area contributed by atoms with E-state index in [9.17, 15) is 0 Å². The third-order valence-electron chi connectivity index (χ3n) is 4.77. The van der Waals surface area contributed by atoms with Crippen molar-refractivity contribution in [3.05, 3.63) is 96.5 Å². The Morgan fingerprint density at radius 1 is 0.741 bits per heavy atom. The molecule has 0 saturated heterocycles. The third kappa shape index (κ3) is 2.39. The van der Waals surface area contributed by atoms with Crippen molar-refractivity contribution in [2.45, 2.75) is 0 Å². The van der Waals surface area contributed by atoms with Crippen molar-refractivity contribution >= 4 is 27.6 Å². The lowest BCUT2D eigenvalue weighted by Crippen LogP contribution is -1.81. The van der Waals surface area contributed by atoms with Crippen molar-refractivity contribution in [2.24, 2.45) is 0 Å². The number of nitrogens with zero attached hydrogens (tertiary/aromatic N) is 2. The molecule has 0 aliphatic rings. The van der Waals surface area contributed by atoms with Gasteiger partial charge in [0.25, 0.3) is 0 Å². The van der Waals surface area contributed by atoms with E-state index in [0.717, 1.165) is 44.3 Å². The summed E-state index contributed by atoms with van der Waals surface area (Å²) in [5.74, 6) is 0. The van der Waals surface area contributed by atoms with E-state index < -0.39 is 0 Å². The second-order valence-electron chi connectivity index (χ2n) is 6.31. The quantitative estimate of drug-likeness (QED) is 0.327. The zero-order valence-electron chi connectivity index (χ0n) is 14.4. The first kappa shape index (κ1) is 15.4. The minimum atomic E-state index is 0.590. The number of hydrogen-bond donors (Lipinski definition) is 0. The molecule has 2 aromatic heterocycles. The fourth-order valence-electron chi connectivity index (χ4n) is 3.55. The Hall–Kier alpha value is -3.90. The van der Waals surface area contributed by atoms with E-state index in [4.69, 9.17) is 11.0 Å². The Kier molecular flexibility index (Phi) is 3.48. The van der Waals surface area contributed by atoms with Crippen LogP contribution in [0.25, 0.3) is 49.2 Å². The Morgan fingerprint density at radius 3 is 2.33 bits per heavy atom. The molecular formula is C24H14N2O. The largest absolute Gasteiger partial charge is 0.456 e. The average molecular weight is 346 g/mol. The van der Waals surface area contributed by atoms with Crippen molar-refractivity contribution < 1.29 is 4.42 Å². The number of rotatable bonds is 2. The van der Waals surface area contributed by atoms with Crippen LogP contribution in [0.5, 0.6) is 0 Å². The molecule has 0 bridgehead atoms. The van der Waals surface area contributed by atoms with Crippen LogP contribution in [-0.4, -0.2) is 4.98 Å². The van der Waals surface area contributed by atoms with Gasteiger partial charge in [-0.1, -0.05) is 60.7 Å². The first-order valence-corrected chi connectivity index (χ1v) is 8.69. The van der Waals surface area contributed by atoms with Crippen molar-refractivity contribution in [3.63, 3.8) is 0 Å². The zero-order valence-corrected chi connectivity index (χ0v) is 14.4. The number of pyridine rings is 1. The molecule has 0 spiro atoms. The zero-order chi connectivity index (χ0) is 18.2. The summed E-state index contributed by atoms with van der Waals surface area (Å²) in [5, 5.41) is 2.04. The summed E-state index contributed by atoms with van der Waals surface area (Å²) in [5.41, 5.74) is 5.77. The minimum absolute atomic E-state index is 0.590. The molecule has 3 aromatic carbocycles. The van der Waals surface area contributed by atoms with Crippen molar-refractivity contribution in [2.75, 3.05) is 0 Å². The van der Waals surface area contributed by atoms with E-state index in [1.54, 1.807) is 6.20 Å². The average Bonchev–Trinajstić information content (AvgIpc) is 3.13. The van der Waals surface area contributed by atoms with Gasteiger partial charge < -0.3 is 4.42 Å². The Balaban J connectivity index is 1.90. The fourth-order valence-corrected chi connectivity index (χ4v) is 3.55. The van der Waals surface area contributed by atoms with Gasteiger partial charge in [0.05, 0.1) is 12.3 Å². The Labute approximate surface area is 156 Å². The Morgan fingerprint density at radius 2 is 1.56 bits per heavy atom. The third-order valence-corrected chi connectivity index (χ3v) is 4.77. The smallest absolute Gasteiger partial charge is 0.198 e. The van der Waals surface area contributed by atoms with Crippen LogP contribution in [0.15, 0.2) is 89.5 Å². The summed E-state index contributed by atoms with van der Waals surface area (Å²) in [6.45, 7) is 7.59. The highest BCUT2D eigenvalue weighted by molar-refractivity contribution is 6.14. The molecule has 126 valence electrons. The van der Waals surface area contributed by atoms with E-state index in [1.807, 2.05) is 72.8 Å². The van der Waals surface area contributed by atoms with Gasteiger partial charge in [0.15, 0.2) is 5.69 Å². The molecule has 0 fully saturated rings. The maximum absolute atomic E-state index is 7.59. The fraction of sp³-hybridized carbons (Fsp3) is 0. The molecule has 0 unspecified atom stereocenters. The van der Waals surface area contributed by atoms with E-state index in [1.165, 1.54) is 0 Å². The summed E-state index contributed by atoms with van der Waals surface area (Å²) in [4.78, 5) is 8.20. The predicted molar refractivity (Wildman–Crippen MR) is 109 cm³/mol. The summed E-state index contributed by atoms with van der Waals surface area (Å²) in [6, 6.07) is 25.7. The molecule has 0 N–H and O–H groups in total. The summed E-state index contributed by atoms with van der Waals surface area (Å²) < 4.78 is 6.38. The van der Waals surface area contributed by atoms with Crippen LogP contribution in [-0.2, 0) is 0 Å². The molecule has 3 heteroatoms. The highest BCUT2D eigenvalue weighted by atomic mass is 16.3. The van der Waals surface area contributed by atoms with Gasteiger partial charge in [-0.3, -0.25) is 4.98 Å². The maximum Gasteiger partial charge on any atom is 0.198 e. The van der Waals surface area contributed by atoms with Gasteiger partial charge in [-0.15, -0.1) is 0 Å². The van der Waals surface area contributed by atoms with E-state index in [2.05, 4.69) is 15.9 Å². The predicted octanol–water partition coefficient (Wildman–Crippen LogP) is 6.87. The molecule has 0 aliphatic heterocycles. The molecule has 0 aliphatic carbocycles. The van der Waals surface area contributed by atoms with Gasteiger partial charge >= 0.3 is 0 Å². The SMILES string of the molecule is [C-]#[N+]c1ccc2c(oc3c(-c4ccccn4)cccc32)c1-c1ccccc1. The number of fused-ring (bicyclic) bond motifs is 3. The van der Waals surface area contributed by atoms with Gasteiger partial charge in [-0.05, 0) is 23.8 Å². The number of para-hydroxylation sites is 1. The normalized spacial score (nSPS) is 10.9. The summed E-state index contributed by atoms with van der Waals surface area (Å²) in [6.07, 6.45) is 1.78. The lowest BCUT2D eigenvalue weighted by atomic mass is 10.00. The van der Waals surface area contributed by atoms with E-state index >= 15 is 0 Å². The lowest BCUT2D eigenvalue weighted by Gasteiger charge is -2.05. The van der Waals surface area contributed by atoms with Gasteiger partial charge in [0, 0.05) is 28.1 Å². The van der Waals surface area contributed by atoms with Gasteiger partial charge in [0.1, 0.15) is 11.2 Å². The second-order valence-corrected chi connectivity index (χ2v) is 6.31. The van der Waals surface area contributed by atoms with Crippen LogP contribution in [0.2, 0.25) is 0 Å². The number of aromatic nitrogens is 1. The van der Waals surface area contributed by atoms with Crippen LogP contribution in [0.4, 0.5) is 5.69 Å². The monoisotopic (exact) mass is 346 g/mol. The molecule has 0 saturated carbocycles. The van der Waals surface area contributed by atoms with Crippen molar-refractivity contribution in [3.8, 4) is 22.4 Å². The molecule has 5 aromatic rings. The van der Waals surface area contributed by atoms with Crippen LogP contribution in [0.3, 0.4) is 0 Å². The van der Waals surface area contributed by atoms with E-state index in [-0.39, 0.29) is 0 Å².